The Labute approximate surface area is 158 Å². The number of hydrogen-bond acceptors (Lipinski definition) is 5. The van der Waals surface area contributed by atoms with Gasteiger partial charge in [0.05, 0.1) is 12.2 Å². The minimum Gasteiger partial charge on any atom is -0.349 e. The van der Waals surface area contributed by atoms with Crippen molar-refractivity contribution >= 4 is 34.4 Å². The van der Waals surface area contributed by atoms with Gasteiger partial charge in [-0.2, -0.15) is 5.10 Å². The summed E-state index contributed by atoms with van der Waals surface area (Å²) in [5.74, 6) is 0.500. The fourth-order valence-corrected chi connectivity index (χ4v) is 3.55. The van der Waals surface area contributed by atoms with Crippen molar-refractivity contribution in [3.05, 3.63) is 58.1 Å². The van der Waals surface area contributed by atoms with Crippen molar-refractivity contribution in [1.82, 2.24) is 29.5 Å². The molecule has 1 amide bonds. The van der Waals surface area contributed by atoms with Crippen molar-refractivity contribution in [3.63, 3.8) is 0 Å². The van der Waals surface area contributed by atoms with Gasteiger partial charge in [-0.15, -0.1) is 11.3 Å². The highest BCUT2D eigenvalue weighted by molar-refractivity contribution is 7.71. The number of imidazole rings is 1. The number of aromatic amines is 1. The Balaban J connectivity index is 1.47. The minimum absolute atomic E-state index is 0.0980. The van der Waals surface area contributed by atoms with Gasteiger partial charge in [-0.25, -0.2) is 4.98 Å². The summed E-state index contributed by atoms with van der Waals surface area (Å²) in [4.78, 5) is 17.7. The van der Waals surface area contributed by atoms with Gasteiger partial charge in [-0.1, -0.05) is 29.8 Å². The van der Waals surface area contributed by atoms with Crippen molar-refractivity contribution in [3.8, 4) is 11.4 Å². The molecule has 0 saturated carbocycles. The maximum absolute atomic E-state index is 12.4. The molecule has 3 heterocycles. The number of H-pyrrole nitrogens is 1. The highest BCUT2D eigenvalue weighted by Gasteiger charge is 2.13. The minimum atomic E-state index is -0.146. The fraction of sp³-hybridized carbons (Fsp3) is 0.176. The van der Waals surface area contributed by atoms with Crippen LogP contribution in [0.2, 0.25) is 0 Å². The molecule has 3 aromatic heterocycles. The summed E-state index contributed by atoms with van der Waals surface area (Å²) in [5.41, 5.74) is 2.89. The summed E-state index contributed by atoms with van der Waals surface area (Å²) >= 11 is 6.83. The summed E-state index contributed by atoms with van der Waals surface area (Å²) in [5, 5.41) is 11.9. The molecule has 0 bridgehead atoms. The molecule has 4 aromatic rings. The summed E-state index contributed by atoms with van der Waals surface area (Å²) < 4.78 is 4.05. The van der Waals surface area contributed by atoms with Gasteiger partial charge in [0.2, 0.25) is 5.91 Å². The van der Waals surface area contributed by atoms with Gasteiger partial charge >= 0.3 is 0 Å². The first kappa shape index (κ1) is 16.7. The van der Waals surface area contributed by atoms with E-state index < -0.39 is 0 Å². The van der Waals surface area contributed by atoms with Crippen LogP contribution in [0.1, 0.15) is 11.3 Å². The van der Waals surface area contributed by atoms with Crippen molar-refractivity contribution < 1.29 is 4.79 Å². The fourth-order valence-electron chi connectivity index (χ4n) is 2.64. The zero-order chi connectivity index (χ0) is 18.1. The molecule has 0 aliphatic carbocycles. The normalized spacial score (nSPS) is 11.1. The Morgan fingerprint density at radius 3 is 2.92 bits per heavy atom. The molecule has 9 heteroatoms. The Hall–Kier alpha value is -2.78. The number of aromatic nitrogens is 5. The standard InChI is InChI=1S/C17H16N6OS2/c1-11-2-4-12(5-3-11)15-20-21-16(25)23(15)10-14(24)18-8-13-9-22-6-7-26-17(22)19-13/h2-7,9H,8,10H2,1H3,(H,18,24)(H,21,25). The lowest BCUT2D eigenvalue weighted by molar-refractivity contribution is -0.121. The van der Waals surface area contributed by atoms with Crippen molar-refractivity contribution in [2.75, 3.05) is 0 Å². The van der Waals surface area contributed by atoms with Crippen molar-refractivity contribution in [1.29, 1.82) is 0 Å². The first-order valence-corrected chi connectivity index (χ1v) is 9.29. The van der Waals surface area contributed by atoms with E-state index in [2.05, 4.69) is 20.5 Å². The molecule has 2 N–H and O–H groups in total. The van der Waals surface area contributed by atoms with E-state index in [0.717, 1.165) is 21.8 Å². The van der Waals surface area contributed by atoms with Gasteiger partial charge in [-0.3, -0.25) is 18.9 Å². The number of thiazole rings is 1. The average Bonchev–Trinajstić information content (AvgIpc) is 3.30. The summed E-state index contributed by atoms with van der Waals surface area (Å²) in [7, 11) is 0. The van der Waals surface area contributed by atoms with Crippen LogP contribution in [0.4, 0.5) is 0 Å². The second-order valence-electron chi connectivity index (χ2n) is 5.91. The van der Waals surface area contributed by atoms with Crippen LogP contribution < -0.4 is 5.32 Å². The quantitative estimate of drug-likeness (QED) is 0.519. The Morgan fingerprint density at radius 2 is 2.15 bits per heavy atom. The van der Waals surface area contributed by atoms with Crippen LogP contribution in [0, 0.1) is 11.7 Å². The van der Waals surface area contributed by atoms with Crippen LogP contribution in [-0.4, -0.2) is 30.1 Å². The average molecular weight is 384 g/mol. The third kappa shape index (κ3) is 3.31. The molecular formula is C17H16N6OS2. The molecule has 0 saturated heterocycles. The second-order valence-corrected chi connectivity index (χ2v) is 7.17. The Morgan fingerprint density at radius 1 is 1.35 bits per heavy atom. The van der Waals surface area contributed by atoms with E-state index in [0.29, 0.717) is 17.1 Å². The molecule has 0 aliphatic rings. The summed E-state index contributed by atoms with van der Waals surface area (Å²) in [6, 6.07) is 7.93. The number of carbonyl (C=O) groups is 1. The van der Waals surface area contributed by atoms with Crippen LogP contribution in [0.15, 0.2) is 42.0 Å². The predicted octanol–water partition coefficient (Wildman–Crippen LogP) is 2.94. The third-order valence-electron chi connectivity index (χ3n) is 3.98. The zero-order valence-electron chi connectivity index (χ0n) is 14.0. The predicted molar refractivity (Wildman–Crippen MR) is 103 cm³/mol. The van der Waals surface area contributed by atoms with Gasteiger partial charge in [-0.05, 0) is 19.1 Å². The molecule has 132 valence electrons. The lowest BCUT2D eigenvalue weighted by Gasteiger charge is -2.07. The van der Waals surface area contributed by atoms with Crippen LogP contribution in [0.5, 0.6) is 0 Å². The monoisotopic (exact) mass is 384 g/mol. The molecule has 0 radical (unpaired) electrons. The second kappa shape index (κ2) is 6.85. The number of carbonyl (C=O) groups excluding carboxylic acids is 1. The molecule has 1 aromatic carbocycles. The van der Waals surface area contributed by atoms with E-state index in [1.54, 1.807) is 15.9 Å². The maximum atomic E-state index is 12.4. The van der Waals surface area contributed by atoms with Gasteiger partial charge < -0.3 is 5.32 Å². The molecule has 0 atom stereocenters. The molecule has 7 nitrogen and oxygen atoms in total. The van der Waals surface area contributed by atoms with E-state index in [9.17, 15) is 4.79 Å². The number of nitrogens with one attached hydrogen (secondary N) is 2. The van der Waals surface area contributed by atoms with E-state index in [1.165, 1.54) is 0 Å². The van der Waals surface area contributed by atoms with Gasteiger partial charge in [0.25, 0.3) is 0 Å². The van der Waals surface area contributed by atoms with Crippen LogP contribution in [0.3, 0.4) is 0 Å². The number of benzene rings is 1. The molecule has 0 fully saturated rings. The Kier molecular flexibility index (Phi) is 4.39. The molecular weight excluding hydrogens is 368 g/mol. The lowest BCUT2D eigenvalue weighted by Crippen LogP contribution is -2.27. The van der Waals surface area contributed by atoms with Gasteiger partial charge in [0.15, 0.2) is 15.6 Å². The number of hydrogen-bond donors (Lipinski definition) is 2. The number of nitrogens with zero attached hydrogens (tertiary/aromatic N) is 4. The largest absolute Gasteiger partial charge is 0.349 e. The lowest BCUT2D eigenvalue weighted by atomic mass is 10.1. The number of rotatable bonds is 5. The van der Waals surface area contributed by atoms with Crippen LogP contribution >= 0.6 is 23.6 Å². The highest BCUT2D eigenvalue weighted by atomic mass is 32.1. The molecule has 0 unspecified atom stereocenters. The van der Waals surface area contributed by atoms with Crippen molar-refractivity contribution in [2.24, 2.45) is 0 Å². The first-order chi connectivity index (χ1) is 12.6. The summed E-state index contributed by atoms with van der Waals surface area (Å²) in [6.07, 6.45) is 3.85. The first-order valence-electron chi connectivity index (χ1n) is 8.00. The van der Waals surface area contributed by atoms with E-state index in [1.807, 2.05) is 53.4 Å². The summed E-state index contributed by atoms with van der Waals surface area (Å²) in [6.45, 7) is 2.49. The van der Waals surface area contributed by atoms with Gasteiger partial charge in [0.1, 0.15) is 6.54 Å². The van der Waals surface area contributed by atoms with Crippen LogP contribution in [-0.2, 0) is 17.9 Å². The molecule has 0 aliphatic heterocycles. The number of aryl methyl sites for hydroxylation is 1. The third-order valence-corrected chi connectivity index (χ3v) is 5.06. The van der Waals surface area contributed by atoms with Gasteiger partial charge in [0, 0.05) is 23.3 Å². The van der Waals surface area contributed by atoms with E-state index >= 15 is 0 Å². The smallest absolute Gasteiger partial charge is 0.240 e. The SMILES string of the molecule is Cc1ccc(-c2n[nH]c(=S)n2CC(=O)NCc2cn3ccsc3n2)cc1. The Bertz CT molecular complexity index is 1090. The van der Waals surface area contributed by atoms with Crippen LogP contribution in [0.25, 0.3) is 16.3 Å². The number of fused-ring (bicyclic) bond motifs is 1. The van der Waals surface area contributed by atoms with Crippen molar-refractivity contribution in [2.45, 2.75) is 20.0 Å². The topological polar surface area (TPSA) is 80.0 Å². The highest BCUT2D eigenvalue weighted by Crippen LogP contribution is 2.18. The molecule has 0 spiro atoms. The number of amides is 1. The maximum Gasteiger partial charge on any atom is 0.240 e. The molecule has 26 heavy (non-hydrogen) atoms. The molecule has 4 rings (SSSR count). The van der Waals surface area contributed by atoms with E-state index in [-0.39, 0.29) is 12.5 Å². The zero-order valence-corrected chi connectivity index (χ0v) is 15.6. The van der Waals surface area contributed by atoms with E-state index in [4.69, 9.17) is 12.2 Å².